The van der Waals surface area contributed by atoms with Crippen molar-refractivity contribution >= 4 is 35.0 Å². The minimum Gasteiger partial charge on any atom is -0.494 e. The highest BCUT2D eigenvalue weighted by Crippen LogP contribution is 2.23. The second kappa shape index (κ2) is 8.92. The summed E-state index contributed by atoms with van der Waals surface area (Å²) in [6.07, 6.45) is 0. The Morgan fingerprint density at radius 1 is 1.15 bits per heavy atom. The van der Waals surface area contributed by atoms with Gasteiger partial charge < -0.3 is 10.1 Å². The third kappa shape index (κ3) is 5.02. The van der Waals surface area contributed by atoms with Crippen molar-refractivity contribution in [2.24, 2.45) is 0 Å². The second-order valence-electron chi connectivity index (χ2n) is 5.64. The second-order valence-corrected chi connectivity index (χ2v) is 7.01. The number of carbonyl (C=O) groups is 1. The van der Waals surface area contributed by atoms with Gasteiger partial charge in [0.2, 0.25) is 5.91 Å². The van der Waals surface area contributed by atoms with Crippen molar-refractivity contribution in [3.8, 4) is 11.4 Å². The van der Waals surface area contributed by atoms with Gasteiger partial charge in [-0.1, -0.05) is 23.4 Å². The Hall–Kier alpha value is -2.51. The zero-order chi connectivity index (χ0) is 19.2. The molecule has 0 aliphatic heterocycles. The molecule has 0 spiro atoms. The molecule has 0 atom stereocenters. The first kappa shape index (κ1) is 19.3. The van der Waals surface area contributed by atoms with E-state index in [0.29, 0.717) is 16.8 Å². The number of halogens is 1. The largest absolute Gasteiger partial charge is 0.494 e. The Balaban J connectivity index is 1.63. The maximum absolute atomic E-state index is 12.3. The van der Waals surface area contributed by atoms with Crippen LogP contribution >= 0.6 is 23.4 Å². The molecule has 3 rings (SSSR count). The highest BCUT2D eigenvalue weighted by atomic mass is 35.5. The summed E-state index contributed by atoms with van der Waals surface area (Å²) >= 11 is 7.28. The number of rotatable bonds is 7. The van der Waals surface area contributed by atoms with Crippen molar-refractivity contribution in [1.29, 1.82) is 0 Å². The van der Waals surface area contributed by atoms with E-state index in [1.807, 2.05) is 66.9 Å². The average Bonchev–Trinajstić information content (AvgIpc) is 3.03. The first-order valence-electron chi connectivity index (χ1n) is 8.40. The Labute approximate surface area is 166 Å². The molecule has 3 aromatic rings. The molecular weight excluding hydrogens is 384 g/mol. The van der Waals surface area contributed by atoms with Gasteiger partial charge in [-0.3, -0.25) is 9.36 Å². The fourth-order valence-corrected chi connectivity index (χ4v) is 3.38. The Morgan fingerprint density at radius 3 is 2.52 bits per heavy atom. The van der Waals surface area contributed by atoms with Crippen LogP contribution in [0.1, 0.15) is 12.7 Å². The van der Waals surface area contributed by atoms with Gasteiger partial charge in [-0.2, -0.15) is 0 Å². The molecule has 0 saturated carbocycles. The number of aryl methyl sites for hydroxylation is 1. The number of nitrogens with one attached hydrogen (secondary N) is 1. The minimum atomic E-state index is -0.118. The van der Waals surface area contributed by atoms with Gasteiger partial charge >= 0.3 is 0 Å². The van der Waals surface area contributed by atoms with Gasteiger partial charge in [0.15, 0.2) is 5.16 Å². The van der Waals surface area contributed by atoms with Gasteiger partial charge in [-0.25, -0.2) is 0 Å². The summed E-state index contributed by atoms with van der Waals surface area (Å²) in [6, 6.07) is 14.7. The van der Waals surface area contributed by atoms with Gasteiger partial charge in [-0.15, -0.1) is 10.2 Å². The average molecular weight is 403 g/mol. The van der Waals surface area contributed by atoms with Crippen molar-refractivity contribution in [2.75, 3.05) is 17.7 Å². The van der Waals surface area contributed by atoms with Crippen LogP contribution in [0.15, 0.2) is 53.7 Å². The van der Waals surface area contributed by atoms with Crippen LogP contribution in [0, 0.1) is 6.92 Å². The molecule has 1 N–H and O–H groups in total. The van der Waals surface area contributed by atoms with E-state index in [1.165, 1.54) is 11.8 Å². The maximum atomic E-state index is 12.3. The molecule has 0 bridgehead atoms. The van der Waals surface area contributed by atoms with Crippen molar-refractivity contribution in [3.05, 3.63) is 59.4 Å². The number of hydrogen-bond donors (Lipinski definition) is 1. The lowest BCUT2D eigenvalue weighted by Gasteiger charge is -2.09. The summed E-state index contributed by atoms with van der Waals surface area (Å²) in [6.45, 7) is 4.40. The van der Waals surface area contributed by atoms with Gasteiger partial charge in [0.05, 0.1) is 12.4 Å². The topological polar surface area (TPSA) is 69.0 Å². The van der Waals surface area contributed by atoms with Crippen molar-refractivity contribution in [2.45, 2.75) is 19.0 Å². The molecule has 0 radical (unpaired) electrons. The Bertz CT molecular complexity index is 910. The number of ether oxygens (including phenoxy) is 1. The van der Waals surface area contributed by atoms with E-state index in [0.717, 1.165) is 22.9 Å². The lowest BCUT2D eigenvalue weighted by molar-refractivity contribution is -0.113. The number of benzene rings is 2. The number of aromatic nitrogens is 3. The summed E-state index contributed by atoms with van der Waals surface area (Å²) in [4.78, 5) is 12.3. The predicted octanol–water partition coefficient (Wildman–Crippen LogP) is 4.36. The zero-order valence-electron chi connectivity index (χ0n) is 15.0. The molecule has 27 heavy (non-hydrogen) atoms. The van der Waals surface area contributed by atoms with Crippen molar-refractivity contribution < 1.29 is 9.53 Å². The molecular formula is C19H19ClN4O2S. The van der Waals surface area contributed by atoms with Crippen LogP contribution in [-0.2, 0) is 4.79 Å². The molecule has 1 amide bonds. The SMILES string of the molecule is CCOc1ccc(NC(=O)CSc2nnc(C)n2-c2ccc(Cl)cc2)cc1. The fraction of sp³-hybridized carbons (Fsp3) is 0.211. The third-order valence-corrected chi connectivity index (χ3v) is 4.84. The van der Waals surface area contributed by atoms with Crippen LogP contribution < -0.4 is 10.1 Å². The van der Waals surface area contributed by atoms with E-state index in [2.05, 4.69) is 15.5 Å². The number of amides is 1. The van der Waals surface area contributed by atoms with Crippen LogP contribution in [0.4, 0.5) is 5.69 Å². The van der Waals surface area contributed by atoms with Crippen molar-refractivity contribution in [3.63, 3.8) is 0 Å². The van der Waals surface area contributed by atoms with Crippen molar-refractivity contribution in [1.82, 2.24) is 14.8 Å². The molecule has 2 aromatic carbocycles. The maximum Gasteiger partial charge on any atom is 0.234 e. The summed E-state index contributed by atoms with van der Waals surface area (Å²) in [5.74, 6) is 1.62. The first-order chi connectivity index (χ1) is 13.1. The lowest BCUT2D eigenvalue weighted by Crippen LogP contribution is -2.14. The number of hydrogen-bond acceptors (Lipinski definition) is 5. The van der Waals surface area contributed by atoms with Gasteiger partial charge in [0, 0.05) is 16.4 Å². The molecule has 0 unspecified atom stereocenters. The smallest absolute Gasteiger partial charge is 0.234 e. The highest BCUT2D eigenvalue weighted by Gasteiger charge is 2.13. The monoisotopic (exact) mass is 402 g/mol. The Morgan fingerprint density at radius 2 is 1.85 bits per heavy atom. The standard InChI is InChI=1S/C19H19ClN4O2S/c1-3-26-17-10-6-15(7-11-17)21-18(25)12-27-19-23-22-13(2)24(19)16-8-4-14(20)5-9-16/h4-11H,3,12H2,1-2H3,(H,21,25). The molecule has 0 fully saturated rings. The molecule has 0 aliphatic carbocycles. The number of nitrogens with zero attached hydrogens (tertiary/aromatic N) is 3. The van der Waals surface area contributed by atoms with Crippen LogP contribution in [0.3, 0.4) is 0 Å². The zero-order valence-corrected chi connectivity index (χ0v) is 16.5. The molecule has 0 saturated heterocycles. The predicted molar refractivity (Wildman–Crippen MR) is 108 cm³/mol. The molecule has 6 nitrogen and oxygen atoms in total. The third-order valence-electron chi connectivity index (χ3n) is 3.66. The quantitative estimate of drug-likeness (QED) is 0.594. The normalized spacial score (nSPS) is 10.6. The molecule has 140 valence electrons. The summed E-state index contributed by atoms with van der Waals surface area (Å²) < 4.78 is 7.29. The van der Waals surface area contributed by atoms with E-state index >= 15 is 0 Å². The Kier molecular flexibility index (Phi) is 6.36. The van der Waals surface area contributed by atoms with Gasteiger partial charge in [-0.05, 0) is 62.4 Å². The first-order valence-corrected chi connectivity index (χ1v) is 9.76. The van der Waals surface area contributed by atoms with E-state index in [9.17, 15) is 4.79 Å². The molecule has 0 aliphatic rings. The molecule has 1 aromatic heterocycles. The van der Waals surface area contributed by atoms with Crippen LogP contribution in [0.5, 0.6) is 5.75 Å². The van der Waals surface area contributed by atoms with Gasteiger partial charge in [0.1, 0.15) is 11.6 Å². The molecule has 8 heteroatoms. The van der Waals surface area contributed by atoms with Crippen LogP contribution in [0.25, 0.3) is 5.69 Å². The lowest BCUT2D eigenvalue weighted by atomic mass is 10.3. The summed E-state index contributed by atoms with van der Waals surface area (Å²) in [7, 11) is 0. The highest BCUT2D eigenvalue weighted by molar-refractivity contribution is 7.99. The molecule has 1 heterocycles. The summed E-state index contributed by atoms with van der Waals surface area (Å²) in [5, 5.41) is 12.5. The van der Waals surface area contributed by atoms with E-state index in [1.54, 1.807) is 0 Å². The van der Waals surface area contributed by atoms with E-state index < -0.39 is 0 Å². The number of thioether (sulfide) groups is 1. The minimum absolute atomic E-state index is 0.118. The van der Waals surface area contributed by atoms with E-state index in [4.69, 9.17) is 16.3 Å². The number of anilines is 1. The van der Waals surface area contributed by atoms with Crippen LogP contribution in [-0.4, -0.2) is 33.0 Å². The van der Waals surface area contributed by atoms with Gasteiger partial charge in [0.25, 0.3) is 0 Å². The fourth-order valence-electron chi connectivity index (χ4n) is 2.45. The summed E-state index contributed by atoms with van der Waals surface area (Å²) in [5.41, 5.74) is 1.62. The number of carbonyl (C=O) groups excluding carboxylic acids is 1. The van der Waals surface area contributed by atoms with Crippen LogP contribution in [0.2, 0.25) is 5.02 Å². The van der Waals surface area contributed by atoms with E-state index in [-0.39, 0.29) is 11.7 Å².